The van der Waals surface area contributed by atoms with Crippen LogP contribution in [-0.4, -0.2) is 33.9 Å². The highest BCUT2D eigenvalue weighted by Gasteiger charge is 2.24. The minimum Gasteiger partial charge on any atom is -0.337 e. The van der Waals surface area contributed by atoms with Crippen molar-refractivity contribution in [2.24, 2.45) is 0 Å². The number of rotatable bonds is 2. The fourth-order valence-electron chi connectivity index (χ4n) is 2.88. The molecular weight excluding hydrogens is 250 g/mol. The molecule has 0 unspecified atom stereocenters. The van der Waals surface area contributed by atoms with Gasteiger partial charge in [-0.2, -0.15) is 0 Å². The molecule has 1 aliphatic carbocycles. The first-order chi connectivity index (χ1) is 9.75. The molecule has 104 valence electrons. The number of nitrogens with zero attached hydrogens (tertiary/aromatic N) is 3. The Balaban J connectivity index is 1.83. The molecule has 1 fully saturated rings. The van der Waals surface area contributed by atoms with Gasteiger partial charge >= 0.3 is 0 Å². The van der Waals surface area contributed by atoms with Gasteiger partial charge in [0.2, 0.25) is 0 Å². The molecule has 0 aliphatic heterocycles. The monoisotopic (exact) mass is 269 g/mol. The molecule has 3 rings (SSSR count). The van der Waals surface area contributed by atoms with Gasteiger partial charge in [-0.15, -0.1) is 0 Å². The molecule has 4 heteroatoms. The first-order valence-electron chi connectivity index (χ1n) is 7.24. The molecule has 0 saturated heterocycles. The highest BCUT2D eigenvalue weighted by atomic mass is 16.2. The van der Waals surface area contributed by atoms with E-state index in [0.717, 1.165) is 23.9 Å². The van der Waals surface area contributed by atoms with Crippen LogP contribution < -0.4 is 0 Å². The smallest absolute Gasteiger partial charge is 0.274 e. The van der Waals surface area contributed by atoms with Crippen LogP contribution in [-0.2, 0) is 0 Å². The van der Waals surface area contributed by atoms with Gasteiger partial charge in [-0.1, -0.05) is 31.4 Å². The quantitative estimate of drug-likeness (QED) is 0.841. The van der Waals surface area contributed by atoms with Crippen molar-refractivity contribution < 1.29 is 4.79 Å². The maximum atomic E-state index is 12.5. The molecule has 1 saturated carbocycles. The summed E-state index contributed by atoms with van der Waals surface area (Å²) < 4.78 is 0. The third-order valence-electron chi connectivity index (χ3n) is 4.11. The molecule has 0 atom stereocenters. The molecular formula is C16H19N3O. The van der Waals surface area contributed by atoms with Crippen molar-refractivity contribution in [1.29, 1.82) is 0 Å². The van der Waals surface area contributed by atoms with E-state index in [1.807, 2.05) is 36.2 Å². The Kier molecular flexibility index (Phi) is 3.63. The summed E-state index contributed by atoms with van der Waals surface area (Å²) in [5, 5.41) is 0. The summed E-state index contributed by atoms with van der Waals surface area (Å²) in [5.74, 6) is -0.0184. The molecule has 4 nitrogen and oxygen atoms in total. The fourth-order valence-corrected chi connectivity index (χ4v) is 2.88. The summed E-state index contributed by atoms with van der Waals surface area (Å²) in [6.45, 7) is 0. The van der Waals surface area contributed by atoms with Crippen molar-refractivity contribution in [3.8, 4) is 0 Å². The Morgan fingerprint density at radius 3 is 2.60 bits per heavy atom. The Labute approximate surface area is 118 Å². The van der Waals surface area contributed by atoms with Gasteiger partial charge in [0.15, 0.2) is 0 Å². The van der Waals surface area contributed by atoms with E-state index in [0.29, 0.717) is 11.7 Å². The normalized spacial score (nSPS) is 16.2. The minimum absolute atomic E-state index is 0.0184. The van der Waals surface area contributed by atoms with E-state index < -0.39 is 0 Å². The highest BCUT2D eigenvalue weighted by molar-refractivity contribution is 5.93. The Morgan fingerprint density at radius 2 is 1.85 bits per heavy atom. The Bertz CT molecular complexity index is 620. The predicted molar refractivity (Wildman–Crippen MR) is 78.5 cm³/mol. The van der Waals surface area contributed by atoms with Gasteiger partial charge in [0.1, 0.15) is 5.69 Å². The molecule has 1 amide bonds. The number of hydrogen-bond donors (Lipinski definition) is 0. The number of para-hydroxylation sites is 2. The van der Waals surface area contributed by atoms with Crippen LogP contribution in [0, 0.1) is 0 Å². The zero-order valence-electron chi connectivity index (χ0n) is 11.7. The Hall–Kier alpha value is -1.97. The average molecular weight is 269 g/mol. The van der Waals surface area contributed by atoms with Crippen molar-refractivity contribution in [3.05, 3.63) is 36.2 Å². The van der Waals surface area contributed by atoms with E-state index >= 15 is 0 Å². The number of carbonyl (C=O) groups is 1. The summed E-state index contributed by atoms with van der Waals surface area (Å²) >= 11 is 0. The van der Waals surface area contributed by atoms with Gasteiger partial charge < -0.3 is 4.90 Å². The molecule has 0 radical (unpaired) electrons. The van der Waals surface area contributed by atoms with E-state index in [2.05, 4.69) is 9.97 Å². The van der Waals surface area contributed by atoms with Crippen LogP contribution in [0.3, 0.4) is 0 Å². The van der Waals surface area contributed by atoms with Gasteiger partial charge in [0.05, 0.1) is 17.2 Å². The topological polar surface area (TPSA) is 46.1 Å². The second-order valence-electron chi connectivity index (χ2n) is 5.45. The minimum atomic E-state index is -0.0184. The lowest BCUT2D eigenvalue weighted by molar-refractivity contribution is 0.0690. The molecule has 1 aromatic heterocycles. The van der Waals surface area contributed by atoms with Crippen LogP contribution in [0.4, 0.5) is 0 Å². The van der Waals surface area contributed by atoms with Crippen molar-refractivity contribution in [2.45, 2.75) is 38.1 Å². The highest BCUT2D eigenvalue weighted by Crippen LogP contribution is 2.22. The molecule has 0 spiro atoms. The van der Waals surface area contributed by atoms with Gasteiger partial charge in [-0.3, -0.25) is 9.78 Å². The van der Waals surface area contributed by atoms with Crippen LogP contribution in [0.25, 0.3) is 11.0 Å². The second-order valence-corrected chi connectivity index (χ2v) is 5.45. The van der Waals surface area contributed by atoms with Gasteiger partial charge in [0.25, 0.3) is 5.91 Å². The van der Waals surface area contributed by atoms with Gasteiger partial charge in [-0.25, -0.2) is 4.98 Å². The third-order valence-corrected chi connectivity index (χ3v) is 4.11. The lowest BCUT2D eigenvalue weighted by atomic mass is 9.94. The zero-order valence-corrected chi connectivity index (χ0v) is 11.7. The standard InChI is InChI=1S/C16H19N3O/c1-19(12-7-3-2-4-8-12)16(20)15-11-17-13-9-5-6-10-14(13)18-15/h5-6,9-12H,2-4,7-8H2,1H3. The van der Waals surface area contributed by atoms with E-state index in [4.69, 9.17) is 0 Å². The molecule has 1 aromatic carbocycles. The lowest BCUT2D eigenvalue weighted by Gasteiger charge is -2.30. The number of aromatic nitrogens is 2. The van der Waals surface area contributed by atoms with E-state index in [1.54, 1.807) is 6.20 Å². The van der Waals surface area contributed by atoms with Gasteiger partial charge in [0, 0.05) is 13.1 Å². The number of amides is 1. The van der Waals surface area contributed by atoms with Crippen molar-refractivity contribution in [2.75, 3.05) is 7.05 Å². The lowest BCUT2D eigenvalue weighted by Crippen LogP contribution is -2.38. The molecule has 1 aliphatic rings. The van der Waals surface area contributed by atoms with Gasteiger partial charge in [-0.05, 0) is 25.0 Å². The zero-order chi connectivity index (χ0) is 13.9. The van der Waals surface area contributed by atoms with Crippen LogP contribution in [0.2, 0.25) is 0 Å². The first-order valence-corrected chi connectivity index (χ1v) is 7.24. The number of hydrogen-bond acceptors (Lipinski definition) is 3. The maximum absolute atomic E-state index is 12.5. The van der Waals surface area contributed by atoms with Crippen LogP contribution >= 0.6 is 0 Å². The van der Waals surface area contributed by atoms with Crippen LogP contribution in [0.15, 0.2) is 30.5 Å². The van der Waals surface area contributed by atoms with Crippen LogP contribution in [0.5, 0.6) is 0 Å². The predicted octanol–water partition coefficient (Wildman–Crippen LogP) is 3.03. The molecule has 2 aromatic rings. The fraction of sp³-hybridized carbons (Fsp3) is 0.438. The summed E-state index contributed by atoms with van der Waals surface area (Å²) in [7, 11) is 1.88. The molecule has 0 N–H and O–H groups in total. The number of fused-ring (bicyclic) bond motifs is 1. The summed E-state index contributed by atoms with van der Waals surface area (Å²) in [6, 6.07) is 7.98. The SMILES string of the molecule is CN(C(=O)c1cnc2ccccc2n1)C1CCCCC1. The summed E-state index contributed by atoms with van der Waals surface area (Å²) in [4.78, 5) is 23.1. The van der Waals surface area contributed by atoms with E-state index in [1.165, 1.54) is 19.3 Å². The first kappa shape index (κ1) is 13.0. The third kappa shape index (κ3) is 2.50. The molecule has 0 bridgehead atoms. The summed E-state index contributed by atoms with van der Waals surface area (Å²) in [5.41, 5.74) is 2.04. The second kappa shape index (κ2) is 5.57. The average Bonchev–Trinajstić information content (AvgIpc) is 2.54. The molecule has 20 heavy (non-hydrogen) atoms. The summed E-state index contributed by atoms with van der Waals surface area (Å²) in [6.07, 6.45) is 7.50. The number of carbonyl (C=O) groups excluding carboxylic acids is 1. The van der Waals surface area contributed by atoms with E-state index in [9.17, 15) is 4.79 Å². The maximum Gasteiger partial charge on any atom is 0.274 e. The number of benzene rings is 1. The van der Waals surface area contributed by atoms with E-state index in [-0.39, 0.29) is 5.91 Å². The Morgan fingerprint density at radius 1 is 1.15 bits per heavy atom. The van der Waals surface area contributed by atoms with Crippen LogP contribution in [0.1, 0.15) is 42.6 Å². The van der Waals surface area contributed by atoms with Crippen molar-refractivity contribution >= 4 is 16.9 Å². The van der Waals surface area contributed by atoms with Crippen molar-refractivity contribution in [3.63, 3.8) is 0 Å². The molecule has 1 heterocycles. The van der Waals surface area contributed by atoms with Crippen molar-refractivity contribution in [1.82, 2.24) is 14.9 Å². The largest absolute Gasteiger partial charge is 0.337 e.